The second kappa shape index (κ2) is 5.93. The first kappa shape index (κ1) is 17.0. The Kier molecular flexibility index (Phi) is 3.88. The topological polar surface area (TPSA) is 62.1 Å². The Hall–Kier alpha value is -1.13. The molecule has 3 unspecified atom stereocenters. The molecule has 4 nitrogen and oxygen atoms in total. The van der Waals surface area contributed by atoms with Crippen LogP contribution in [0.15, 0.2) is 29.0 Å². The standard InChI is InChI=1S/C22H31NO3/c1-21-8-5-17-16-4-3-15(23-25)12-18(16)14(13-24)11-19(17)20(21)6-9-22(21)7-2-10-26-22/h2,7,12,14,16-17,19-20,24-25H,3-6,8-11,13H2,1H3/b23-15+/t14-,16+,17?,19?,20?,21-,22-/m0/s1. The van der Waals surface area contributed by atoms with Crippen molar-refractivity contribution in [3.63, 3.8) is 0 Å². The lowest BCUT2D eigenvalue weighted by Gasteiger charge is -2.57. The van der Waals surface area contributed by atoms with E-state index in [-0.39, 0.29) is 23.5 Å². The van der Waals surface area contributed by atoms with Crippen molar-refractivity contribution in [2.24, 2.45) is 40.2 Å². The van der Waals surface area contributed by atoms with Crippen LogP contribution in [0.5, 0.6) is 0 Å². The quantitative estimate of drug-likeness (QED) is 0.425. The van der Waals surface area contributed by atoms with Crippen LogP contribution in [-0.2, 0) is 4.74 Å². The highest BCUT2D eigenvalue weighted by atomic mass is 16.5. The summed E-state index contributed by atoms with van der Waals surface area (Å²) in [5, 5.41) is 22.8. The molecule has 0 radical (unpaired) electrons. The molecule has 0 aromatic carbocycles. The number of hydrogen-bond acceptors (Lipinski definition) is 4. The van der Waals surface area contributed by atoms with E-state index >= 15 is 0 Å². The van der Waals surface area contributed by atoms with Gasteiger partial charge in [-0.05, 0) is 74.7 Å². The maximum absolute atomic E-state index is 10.1. The molecule has 3 saturated carbocycles. The summed E-state index contributed by atoms with van der Waals surface area (Å²) in [4.78, 5) is 0. The molecule has 0 saturated heterocycles. The highest BCUT2D eigenvalue weighted by Gasteiger charge is 2.63. The first-order valence-electron chi connectivity index (χ1n) is 10.5. The summed E-state index contributed by atoms with van der Waals surface area (Å²) in [6.07, 6.45) is 14.6. The highest BCUT2D eigenvalue weighted by molar-refractivity contribution is 5.96. The summed E-state index contributed by atoms with van der Waals surface area (Å²) in [5.41, 5.74) is 2.37. The third-order valence-corrected chi connectivity index (χ3v) is 8.87. The van der Waals surface area contributed by atoms with Crippen LogP contribution >= 0.6 is 0 Å². The molecule has 4 heteroatoms. The van der Waals surface area contributed by atoms with Crippen LogP contribution in [0.4, 0.5) is 0 Å². The molecule has 3 fully saturated rings. The van der Waals surface area contributed by atoms with Gasteiger partial charge >= 0.3 is 0 Å². The van der Waals surface area contributed by atoms with E-state index in [0.29, 0.717) is 17.8 Å². The predicted octanol–water partition coefficient (Wildman–Crippen LogP) is 3.93. The minimum Gasteiger partial charge on any atom is -0.411 e. The number of aliphatic hydroxyl groups is 1. The summed E-state index contributed by atoms with van der Waals surface area (Å²) >= 11 is 0. The number of rotatable bonds is 1. The summed E-state index contributed by atoms with van der Waals surface area (Å²) in [6.45, 7) is 3.47. The lowest BCUT2D eigenvalue weighted by Crippen LogP contribution is -2.53. The van der Waals surface area contributed by atoms with Crippen molar-refractivity contribution < 1.29 is 15.1 Å². The predicted molar refractivity (Wildman–Crippen MR) is 100 cm³/mol. The van der Waals surface area contributed by atoms with Gasteiger partial charge in [0.05, 0.1) is 17.9 Å². The summed E-state index contributed by atoms with van der Waals surface area (Å²) < 4.78 is 6.33. The fourth-order valence-corrected chi connectivity index (χ4v) is 7.63. The van der Waals surface area contributed by atoms with E-state index in [0.717, 1.165) is 43.9 Å². The van der Waals surface area contributed by atoms with E-state index in [1.165, 1.54) is 24.8 Å². The molecule has 0 aromatic heterocycles. The second-order valence-electron chi connectivity index (χ2n) is 9.53. The van der Waals surface area contributed by atoms with E-state index in [1.54, 1.807) is 0 Å². The molecule has 26 heavy (non-hydrogen) atoms. The fraction of sp³-hybridized carbons (Fsp3) is 0.773. The van der Waals surface area contributed by atoms with Crippen LogP contribution in [0.1, 0.15) is 51.9 Å². The van der Waals surface area contributed by atoms with Gasteiger partial charge in [-0.3, -0.25) is 0 Å². The molecule has 0 aromatic rings. The molecular weight excluding hydrogens is 326 g/mol. The molecule has 2 N–H and O–H groups in total. The van der Waals surface area contributed by atoms with Gasteiger partial charge in [-0.2, -0.15) is 0 Å². The molecule has 142 valence electrons. The lowest BCUT2D eigenvalue weighted by atomic mass is 9.49. The summed E-state index contributed by atoms with van der Waals surface area (Å²) in [6, 6.07) is 0. The number of fused-ring (bicyclic) bond motifs is 6. The van der Waals surface area contributed by atoms with Crippen LogP contribution in [0.25, 0.3) is 0 Å². The van der Waals surface area contributed by atoms with Crippen molar-refractivity contribution in [1.29, 1.82) is 0 Å². The Morgan fingerprint density at radius 1 is 1.23 bits per heavy atom. The largest absolute Gasteiger partial charge is 0.411 e. The second-order valence-corrected chi connectivity index (χ2v) is 9.53. The molecule has 1 aliphatic heterocycles. The van der Waals surface area contributed by atoms with E-state index in [1.807, 2.05) is 0 Å². The average Bonchev–Trinajstić information content (AvgIpc) is 3.27. The maximum atomic E-state index is 10.1. The third-order valence-electron chi connectivity index (χ3n) is 8.87. The Morgan fingerprint density at radius 2 is 2.12 bits per heavy atom. The molecule has 4 aliphatic carbocycles. The fourth-order valence-electron chi connectivity index (χ4n) is 7.63. The van der Waals surface area contributed by atoms with Gasteiger partial charge in [0, 0.05) is 17.9 Å². The number of aliphatic hydroxyl groups excluding tert-OH is 1. The number of nitrogens with zero attached hydrogens (tertiary/aromatic N) is 1. The molecule has 5 rings (SSSR count). The van der Waals surface area contributed by atoms with Gasteiger partial charge in [-0.15, -0.1) is 0 Å². The number of oxime groups is 1. The molecule has 1 spiro atoms. The van der Waals surface area contributed by atoms with Crippen molar-refractivity contribution in [1.82, 2.24) is 0 Å². The summed E-state index contributed by atoms with van der Waals surface area (Å²) in [5.74, 6) is 2.92. The van der Waals surface area contributed by atoms with Crippen molar-refractivity contribution in [2.45, 2.75) is 57.5 Å². The number of allylic oxidation sites excluding steroid dienone is 1. The Balaban J connectivity index is 1.49. The first-order valence-corrected chi connectivity index (χ1v) is 10.5. The van der Waals surface area contributed by atoms with Gasteiger partial charge in [-0.25, -0.2) is 0 Å². The van der Waals surface area contributed by atoms with Crippen molar-refractivity contribution in [3.05, 3.63) is 23.8 Å². The zero-order valence-electron chi connectivity index (χ0n) is 15.7. The number of hydrogen-bond donors (Lipinski definition) is 2. The normalized spacial score (nSPS) is 51.2. The van der Waals surface area contributed by atoms with E-state index in [9.17, 15) is 10.3 Å². The van der Waals surface area contributed by atoms with Crippen LogP contribution in [0.2, 0.25) is 0 Å². The average molecular weight is 357 g/mol. The smallest absolute Gasteiger partial charge is 0.0923 e. The van der Waals surface area contributed by atoms with Crippen molar-refractivity contribution in [3.8, 4) is 0 Å². The van der Waals surface area contributed by atoms with Crippen LogP contribution in [0.3, 0.4) is 0 Å². The van der Waals surface area contributed by atoms with Crippen LogP contribution < -0.4 is 0 Å². The summed E-state index contributed by atoms with van der Waals surface area (Å²) in [7, 11) is 0. The van der Waals surface area contributed by atoms with Gasteiger partial charge in [0.2, 0.25) is 0 Å². The molecule has 0 amide bonds. The van der Waals surface area contributed by atoms with Gasteiger partial charge < -0.3 is 15.1 Å². The Labute approximate surface area is 156 Å². The maximum Gasteiger partial charge on any atom is 0.0923 e. The number of ether oxygens (including phenoxy) is 1. The van der Waals surface area contributed by atoms with E-state index < -0.39 is 0 Å². The first-order chi connectivity index (χ1) is 12.6. The van der Waals surface area contributed by atoms with E-state index in [2.05, 4.69) is 30.3 Å². The van der Waals surface area contributed by atoms with E-state index in [4.69, 9.17) is 4.74 Å². The van der Waals surface area contributed by atoms with Crippen molar-refractivity contribution >= 4 is 5.71 Å². The molecule has 7 atom stereocenters. The SMILES string of the molecule is C[C@]12CCC3C(C[C@@H](CO)C4=C/C(=N/O)CC[C@@H]43)C1CC[C@@]21C=CCO1. The Bertz CT molecular complexity index is 683. The van der Waals surface area contributed by atoms with Gasteiger partial charge in [0.15, 0.2) is 0 Å². The minimum absolute atomic E-state index is 0.0310. The zero-order chi connectivity index (χ0) is 17.9. The minimum atomic E-state index is -0.0310. The van der Waals surface area contributed by atoms with Gasteiger partial charge in [-0.1, -0.05) is 29.8 Å². The molecule has 5 aliphatic rings. The van der Waals surface area contributed by atoms with Gasteiger partial charge in [0.25, 0.3) is 0 Å². The van der Waals surface area contributed by atoms with Crippen molar-refractivity contribution in [2.75, 3.05) is 13.2 Å². The Morgan fingerprint density at radius 3 is 2.85 bits per heavy atom. The molecular formula is C22H31NO3. The molecule has 0 bridgehead atoms. The van der Waals surface area contributed by atoms with Crippen LogP contribution in [-0.4, -0.2) is 34.8 Å². The monoisotopic (exact) mass is 357 g/mol. The lowest BCUT2D eigenvalue weighted by molar-refractivity contribution is -0.114. The zero-order valence-corrected chi connectivity index (χ0v) is 15.7. The highest BCUT2D eigenvalue weighted by Crippen LogP contribution is 2.67. The van der Waals surface area contributed by atoms with Gasteiger partial charge in [0.1, 0.15) is 0 Å². The third kappa shape index (κ3) is 2.12. The van der Waals surface area contributed by atoms with Crippen LogP contribution in [0, 0.1) is 35.0 Å². The molecule has 1 heterocycles.